The molecular weight excluding hydrogens is 305 g/mol. The summed E-state index contributed by atoms with van der Waals surface area (Å²) in [5.74, 6) is 0.812. The minimum absolute atomic E-state index is 0.00277. The van der Waals surface area contributed by atoms with Gasteiger partial charge in [-0.15, -0.1) is 0 Å². The number of amides is 1. The Kier molecular flexibility index (Phi) is 4.83. The van der Waals surface area contributed by atoms with Crippen LogP contribution in [-0.2, 0) is 9.53 Å². The molecular formula is C11H20INO2. The van der Waals surface area contributed by atoms with Gasteiger partial charge in [0, 0.05) is 13.7 Å². The molecule has 1 rings (SSSR count). The van der Waals surface area contributed by atoms with E-state index in [0.717, 1.165) is 13.0 Å². The van der Waals surface area contributed by atoms with Crippen molar-refractivity contribution in [1.29, 1.82) is 0 Å². The lowest BCUT2D eigenvalue weighted by molar-refractivity contribution is -0.138. The lowest BCUT2D eigenvalue weighted by Crippen LogP contribution is -2.40. The lowest BCUT2D eigenvalue weighted by atomic mass is 10.0. The SMILES string of the molecule is COC(C)C(C)C(=O)N1CC(C)C[C@H]1I. The van der Waals surface area contributed by atoms with Crippen LogP contribution in [0.4, 0.5) is 0 Å². The van der Waals surface area contributed by atoms with Crippen LogP contribution in [0.2, 0.25) is 0 Å². The number of carbonyl (C=O) groups is 1. The highest BCUT2D eigenvalue weighted by Crippen LogP contribution is 2.29. The summed E-state index contributed by atoms with van der Waals surface area (Å²) in [7, 11) is 1.66. The molecule has 88 valence electrons. The third kappa shape index (κ3) is 3.06. The number of carbonyl (C=O) groups excluding carboxylic acids is 1. The first kappa shape index (κ1) is 13.2. The Labute approximate surface area is 106 Å². The van der Waals surface area contributed by atoms with Gasteiger partial charge in [0.1, 0.15) is 0 Å². The first-order valence-corrected chi connectivity index (χ1v) is 6.69. The Morgan fingerprint density at radius 2 is 2.13 bits per heavy atom. The van der Waals surface area contributed by atoms with Crippen molar-refractivity contribution in [1.82, 2.24) is 4.90 Å². The Balaban J connectivity index is 2.60. The van der Waals surface area contributed by atoms with Gasteiger partial charge in [0.25, 0.3) is 0 Å². The molecule has 0 radical (unpaired) electrons. The van der Waals surface area contributed by atoms with Crippen LogP contribution in [0.3, 0.4) is 0 Å². The number of ether oxygens (including phenoxy) is 1. The van der Waals surface area contributed by atoms with Crippen molar-refractivity contribution < 1.29 is 9.53 Å². The predicted octanol–water partition coefficient (Wildman–Crippen LogP) is 2.29. The first-order chi connectivity index (χ1) is 6.97. The van der Waals surface area contributed by atoms with Crippen LogP contribution in [0.25, 0.3) is 0 Å². The fourth-order valence-corrected chi connectivity index (χ4v) is 3.25. The molecule has 4 atom stereocenters. The molecule has 1 amide bonds. The van der Waals surface area contributed by atoms with E-state index in [2.05, 4.69) is 29.5 Å². The number of likely N-dealkylation sites (tertiary alicyclic amines) is 1. The quantitative estimate of drug-likeness (QED) is 0.453. The minimum atomic E-state index is -0.0439. The van der Waals surface area contributed by atoms with E-state index in [0.29, 0.717) is 9.97 Å². The van der Waals surface area contributed by atoms with Crippen LogP contribution < -0.4 is 0 Å². The zero-order valence-corrected chi connectivity index (χ0v) is 12.0. The molecule has 0 saturated carbocycles. The van der Waals surface area contributed by atoms with Crippen molar-refractivity contribution in [2.24, 2.45) is 11.8 Å². The van der Waals surface area contributed by atoms with E-state index < -0.39 is 0 Å². The third-order valence-electron chi connectivity index (χ3n) is 3.19. The van der Waals surface area contributed by atoms with Crippen molar-refractivity contribution in [3.8, 4) is 0 Å². The Bertz CT molecular complexity index is 235. The molecule has 0 aromatic carbocycles. The van der Waals surface area contributed by atoms with Gasteiger partial charge in [-0.1, -0.05) is 36.4 Å². The summed E-state index contributed by atoms with van der Waals surface area (Å²) in [4.78, 5) is 14.1. The average molecular weight is 325 g/mol. The van der Waals surface area contributed by atoms with Crippen molar-refractivity contribution in [2.45, 2.75) is 37.3 Å². The van der Waals surface area contributed by atoms with Gasteiger partial charge in [-0.25, -0.2) is 0 Å². The molecule has 15 heavy (non-hydrogen) atoms. The van der Waals surface area contributed by atoms with Gasteiger partial charge in [0.15, 0.2) is 0 Å². The minimum Gasteiger partial charge on any atom is -0.381 e. The summed E-state index contributed by atoms with van der Waals surface area (Å²) in [5, 5.41) is 0. The van der Waals surface area contributed by atoms with E-state index in [4.69, 9.17) is 4.74 Å². The molecule has 1 heterocycles. The third-order valence-corrected chi connectivity index (χ3v) is 4.37. The second-order valence-electron chi connectivity index (χ2n) is 4.50. The summed E-state index contributed by atoms with van der Waals surface area (Å²) in [6, 6.07) is 0. The highest BCUT2D eigenvalue weighted by molar-refractivity contribution is 14.1. The van der Waals surface area contributed by atoms with Crippen LogP contribution in [0, 0.1) is 11.8 Å². The molecule has 0 aromatic heterocycles. The van der Waals surface area contributed by atoms with Gasteiger partial charge in [0.2, 0.25) is 5.91 Å². The van der Waals surface area contributed by atoms with Gasteiger partial charge in [-0.2, -0.15) is 0 Å². The van der Waals surface area contributed by atoms with Crippen molar-refractivity contribution in [3.63, 3.8) is 0 Å². The van der Waals surface area contributed by atoms with E-state index in [1.54, 1.807) is 7.11 Å². The summed E-state index contributed by atoms with van der Waals surface area (Å²) in [6.45, 7) is 6.99. The second-order valence-corrected chi connectivity index (χ2v) is 5.93. The molecule has 1 aliphatic heterocycles. The Morgan fingerprint density at radius 3 is 2.53 bits per heavy atom. The lowest BCUT2D eigenvalue weighted by Gasteiger charge is -2.26. The maximum Gasteiger partial charge on any atom is 0.228 e. The van der Waals surface area contributed by atoms with Gasteiger partial charge in [-0.3, -0.25) is 4.79 Å². The number of halogens is 1. The summed E-state index contributed by atoms with van der Waals surface area (Å²) in [5.41, 5.74) is 0. The van der Waals surface area contributed by atoms with Gasteiger partial charge in [-0.05, 0) is 19.3 Å². The highest BCUT2D eigenvalue weighted by Gasteiger charge is 2.34. The predicted molar refractivity (Wildman–Crippen MR) is 68.9 cm³/mol. The molecule has 1 saturated heterocycles. The monoisotopic (exact) mass is 325 g/mol. The van der Waals surface area contributed by atoms with Crippen LogP contribution in [0.5, 0.6) is 0 Å². The molecule has 3 unspecified atom stereocenters. The standard InChI is InChI=1S/C11H20INO2/c1-7-5-10(12)13(6-7)11(14)8(2)9(3)15-4/h7-10H,5-6H2,1-4H3/t7?,8?,9?,10-/m0/s1. The fourth-order valence-electron chi connectivity index (χ4n) is 1.88. The average Bonchev–Trinajstić information content (AvgIpc) is 2.54. The van der Waals surface area contributed by atoms with E-state index in [1.165, 1.54) is 0 Å². The summed E-state index contributed by atoms with van der Waals surface area (Å²) < 4.78 is 5.56. The maximum atomic E-state index is 12.1. The van der Waals surface area contributed by atoms with Crippen LogP contribution in [0.1, 0.15) is 27.2 Å². The van der Waals surface area contributed by atoms with E-state index in [1.807, 2.05) is 18.7 Å². The maximum absolute atomic E-state index is 12.1. The summed E-state index contributed by atoms with van der Waals surface area (Å²) in [6.07, 6.45) is 1.11. The Morgan fingerprint density at radius 1 is 1.53 bits per heavy atom. The Hall–Kier alpha value is 0.160. The first-order valence-electron chi connectivity index (χ1n) is 5.44. The van der Waals surface area contributed by atoms with Crippen LogP contribution >= 0.6 is 22.6 Å². The smallest absolute Gasteiger partial charge is 0.228 e. The summed E-state index contributed by atoms with van der Waals surface area (Å²) >= 11 is 2.36. The van der Waals surface area contributed by atoms with Crippen molar-refractivity contribution >= 4 is 28.5 Å². The normalized spacial score (nSPS) is 30.3. The topological polar surface area (TPSA) is 29.5 Å². The largest absolute Gasteiger partial charge is 0.381 e. The molecule has 0 N–H and O–H groups in total. The molecule has 1 fully saturated rings. The number of hydrogen-bond donors (Lipinski definition) is 0. The zero-order valence-electron chi connectivity index (χ0n) is 9.87. The second kappa shape index (κ2) is 5.48. The molecule has 0 aliphatic carbocycles. The number of alkyl halides is 1. The molecule has 0 spiro atoms. The van der Waals surface area contributed by atoms with Gasteiger partial charge < -0.3 is 9.64 Å². The van der Waals surface area contributed by atoms with Gasteiger partial charge in [0.05, 0.1) is 16.1 Å². The number of methoxy groups -OCH3 is 1. The van der Waals surface area contributed by atoms with Crippen molar-refractivity contribution in [2.75, 3.05) is 13.7 Å². The van der Waals surface area contributed by atoms with Crippen LogP contribution in [-0.4, -0.2) is 34.6 Å². The fraction of sp³-hybridized carbons (Fsp3) is 0.909. The molecule has 4 heteroatoms. The number of nitrogens with zero attached hydrogens (tertiary/aromatic N) is 1. The molecule has 0 aromatic rings. The molecule has 3 nitrogen and oxygen atoms in total. The van der Waals surface area contributed by atoms with Crippen LogP contribution in [0.15, 0.2) is 0 Å². The van der Waals surface area contributed by atoms with Gasteiger partial charge >= 0.3 is 0 Å². The van der Waals surface area contributed by atoms with E-state index in [-0.39, 0.29) is 17.9 Å². The molecule has 1 aliphatic rings. The zero-order chi connectivity index (χ0) is 11.6. The number of rotatable bonds is 3. The molecule has 0 bridgehead atoms. The van der Waals surface area contributed by atoms with E-state index in [9.17, 15) is 4.79 Å². The van der Waals surface area contributed by atoms with E-state index >= 15 is 0 Å². The highest BCUT2D eigenvalue weighted by atomic mass is 127. The number of hydrogen-bond acceptors (Lipinski definition) is 2. The van der Waals surface area contributed by atoms with Crippen molar-refractivity contribution in [3.05, 3.63) is 0 Å².